The van der Waals surface area contributed by atoms with Crippen LogP contribution in [0.25, 0.3) is 10.9 Å². The second-order valence-electron chi connectivity index (χ2n) is 6.51. The minimum atomic E-state index is -0.00993. The highest BCUT2D eigenvalue weighted by molar-refractivity contribution is 5.91. The third-order valence-corrected chi connectivity index (χ3v) is 4.66. The number of amides is 1. The van der Waals surface area contributed by atoms with Gasteiger partial charge in [-0.05, 0) is 54.2 Å². The first-order valence-corrected chi connectivity index (χ1v) is 8.45. The molecule has 1 saturated carbocycles. The standard InChI is InChI=1S/C21H19N3O/c1-14-10-15(11-17-8-5-9-22-20(14)17)13-23-24-21(25)19-12-18(19)16-6-3-2-4-7-16/h2-11,13,18-19H,12H2,1H3,(H,24,25)/b23-13+. The van der Waals surface area contributed by atoms with Crippen molar-refractivity contribution < 1.29 is 4.79 Å². The molecule has 1 heterocycles. The zero-order valence-electron chi connectivity index (χ0n) is 14.0. The predicted molar refractivity (Wildman–Crippen MR) is 99.5 cm³/mol. The molecular weight excluding hydrogens is 310 g/mol. The third-order valence-electron chi connectivity index (χ3n) is 4.66. The fraction of sp³-hybridized carbons (Fsp3) is 0.190. The fourth-order valence-corrected chi connectivity index (χ4v) is 3.28. The van der Waals surface area contributed by atoms with E-state index in [-0.39, 0.29) is 11.8 Å². The number of carbonyl (C=O) groups is 1. The number of nitrogens with zero attached hydrogens (tertiary/aromatic N) is 2. The van der Waals surface area contributed by atoms with Crippen LogP contribution in [0.5, 0.6) is 0 Å². The number of pyridine rings is 1. The summed E-state index contributed by atoms with van der Waals surface area (Å²) in [5, 5.41) is 5.20. The second-order valence-corrected chi connectivity index (χ2v) is 6.51. The molecule has 1 aromatic heterocycles. The Morgan fingerprint density at radius 2 is 2.04 bits per heavy atom. The average molecular weight is 329 g/mol. The Hall–Kier alpha value is -3.01. The van der Waals surface area contributed by atoms with Gasteiger partial charge in [-0.15, -0.1) is 0 Å². The first-order valence-electron chi connectivity index (χ1n) is 8.45. The van der Waals surface area contributed by atoms with Crippen LogP contribution in [0.4, 0.5) is 0 Å². The molecule has 2 unspecified atom stereocenters. The molecule has 1 amide bonds. The Labute approximate surface area is 146 Å². The van der Waals surface area contributed by atoms with Gasteiger partial charge in [0.2, 0.25) is 5.91 Å². The molecule has 124 valence electrons. The molecule has 2 atom stereocenters. The Morgan fingerprint density at radius 1 is 1.20 bits per heavy atom. The molecule has 1 fully saturated rings. The van der Waals surface area contributed by atoms with Gasteiger partial charge in [0.1, 0.15) is 0 Å². The molecule has 3 aromatic rings. The highest BCUT2D eigenvalue weighted by Gasteiger charge is 2.43. The van der Waals surface area contributed by atoms with Crippen LogP contribution in [0.2, 0.25) is 0 Å². The van der Waals surface area contributed by atoms with Gasteiger partial charge in [-0.1, -0.05) is 36.4 Å². The molecular formula is C21H19N3O. The quantitative estimate of drug-likeness (QED) is 0.585. The average Bonchev–Trinajstić information content (AvgIpc) is 3.43. The van der Waals surface area contributed by atoms with Crippen molar-refractivity contribution in [3.05, 3.63) is 77.5 Å². The maximum Gasteiger partial charge on any atom is 0.243 e. The van der Waals surface area contributed by atoms with Crippen molar-refractivity contribution in [3.63, 3.8) is 0 Å². The van der Waals surface area contributed by atoms with E-state index in [4.69, 9.17) is 0 Å². The van der Waals surface area contributed by atoms with E-state index in [0.717, 1.165) is 28.5 Å². The molecule has 25 heavy (non-hydrogen) atoms. The van der Waals surface area contributed by atoms with Crippen molar-refractivity contribution in [2.24, 2.45) is 11.0 Å². The highest BCUT2D eigenvalue weighted by Crippen LogP contribution is 2.47. The first kappa shape index (κ1) is 15.5. The number of hydrogen-bond donors (Lipinski definition) is 1. The van der Waals surface area contributed by atoms with Crippen molar-refractivity contribution in [2.75, 3.05) is 0 Å². The molecule has 0 saturated heterocycles. The Morgan fingerprint density at radius 3 is 2.88 bits per heavy atom. The van der Waals surface area contributed by atoms with E-state index in [1.807, 2.05) is 49.4 Å². The molecule has 1 N–H and O–H groups in total. The summed E-state index contributed by atoms with van der Waals surface area (Å²) >= 11 is 0. The number of hydrogen-bond acceptors (Lipinski definition) is 3. The number of aryl methyl sites for hydroxylation is 1. The van der Waals surface area contributed by atoms with Gasteiger partial charge in [-0.3, -0.25) is 9.78 Å². The number of hydrazone groups is 1. The number of carbonyl (C=O) groups excluding carboxylic acids is 1. The molecule has 0 aliphatic heterocycles. The lowest BCUT2D eigenvalue weighted by molar-refractivity contribution is -0.122. The van der Waals surface area contributed by atoms with Crippen molar-refractivity contribution in [3.8, 4) is 0 Å². The van der Waals surface area contributed by atoms with Crippen LogP contribution < -0.4 is 5.43 Å². The van der Waals surface area contributed by atoms with Crippen LogP contribution >= 0.6 is 0 Å². The van der Waals surface area contributed by atoms with Crippen LogP contribution in [-0.4, -0.2) is 17.1 Å². The van der Waals surface area contributed by atoms with Gasteiger partial charge in [-0.2, -0.15) is 5.10 Å². The Balaban J connectivity index is 1.41. The smallest absolute Gasteiger partial charge is 0.243 e. The molecule has 2 aromatic carbocycles. The normalized spacial score (nSPS) is 19.2. The van der Waals surface area contributed by atoms with Crippen molar-refractivity contribution in [2.45, 2.75) is 19.3 Å². The monoisotopic (exact) mass is 329 g/mol. The Kier molecular flexibility index (Phi) is 4.02. The van der Waals surface area contributed by atoms with Gasteiger partial charge in [0, 0.05) is 17.5 Å². The zero-order chi connectivity index (χ0) is 17.2. The van der Waals surface area contributed by atoms with Gasteiger partial charge in [-0.25, -0.2) is 5.43 Å². The van der Waals surface area contributed by atoms with Crippen LogP contribution in [0.3, 0.4) is 0 Å². The fourth-order valence-electron chi connectivity index (χ4n) is 3.28. The molecule has 0 spiro atoms. The number of aromatic nitrogens is 1. The molecule has 0 bridgehead atoms. The van der Waals surface area contributed by atoms with E-state index in [1.165, 1.54) is 5.56 Å². The molecule has 4 rings (SSSR count). The van der Waals surface area contributed by atoms with E-state index in [0.29, 0.717) is 5.92 Å². The summed E-state index contributed by atoms with van der Waals surface area (Å²) < 4.78 is 0. The summed E-state index contributed by atoms with van der Waals surface area (Å²) in [6.45, 7) is 2.03. The highest BCUT2D eigenvalue weighted by atomic mass is 16.2. The molecule has 1 aliphatic carbocycles. The SMILES string of the molecule is Cc1cc(/C=N/NC(=O)C2CC2c2ccccc2)cc2cccnc12. The zero-order valence-corrected chi connectivity index (χ0v) is 14.0. The third kappa shape index (κ3) is 3.29. The summed E-state index contributed by atoms with van der Waals surface area (Å²) in [5.74, 6) is 0.344. The lowest BCUT2D eigenvalue weighted by Crippen LogP contribution is -2.20. The summed E-state index contributed by atoms with van der Waals surface area (Å²) in [7, 11) is 0. The van der Waals surface area contributed by atoms with Gasteiger partial charge in [0.05, 0.1) is 11.7 Å². The van der Waals surface area contributed by atoms with E-state index >= 15 is 0 Å². The van der Waals surface area contributed by atoms with Crippen LogP contribution in [0, 0.1) is 12.8 Å². The predicted octanol–water partition coefficient (Wildman–Crippen LogP) is 3.80. The summed E-state index contributed by atoms with van der Waals surface area (Å²) in [5.41, 5.74) is 6.94. The summed E-state index contributed by atoms with van der Waals surface area (Å²) in [4.78, 5) is 16.6. The lowest BCUT2D eigenvalue weighted by Gasteiger charge is -2.03. The summed E-state index contributed by atoms with van der Waals surface area (Å²) in [6, 6.07) is 18.2. The van der Waals surface area contributed by atoms with Gasteiger partial charge < -0.3 is 0 Å². The first-order chi connectivity index (χ1) is 12.2. The molecule has 0 radical (unpaired) electrons. The van der Waals surface area contributed by atoms with E-state index in [9.17, 15) is 4.79 Å². The van der Waals surface area contributed by atoms with Gasteiger partial charge in [0.15, 0.2) is 0 Å². The molecule has 4 nitrogen and oxygen atoms in total. The van der Waals surface area contributed by atoms with Gasteiger partial charge >= 0.3 is 0 Å². The maximum atomic E-state index is 12.2. The van der Waals surface area contributed by atoms with Crippen LogP contribution in [-0.2, 0) is 4.79 Å². The van der Waals surface area contributed by atoms with E-state index < -0.39 is 0 Å². The minimum Gasteiger partial charge on any atom is -0.273 e. The maximum absolute atomic E-state index is 12.2. The number of nitrogens with one attached hydrogen (secondary N) is 1. The van der Waals surface area contributed by atoms with Crippen molar-refractivity contribution >= 4 is 23.0 Å². The van der Waals surface area contributed by atoms with E-state index in [1.54, 1.807) is 12.4 Å². The minimum absolute atomic E-state index is 0.00993. The molecule has 1 aliphatic rings. The number of benzene rings is 2. The number of fused-ring (bicyclic) bond motifs is 1. The van der Waals surface area contributed by atoms with Crippen molar-refractivity contribution in [1.29, 1.82) is 0 Å². The summed E-state index contributed by atoms with van der Waals surface area (Å²) in [6.07, 6.45) is 4.38. The van der Waals surface area contributed by atoms with Crippen LogP contribution in [0.15, 0.2) is 65.9 Å². The van der Waals surface area contributed by atoms with E-state index in [2.05, 4.69) is 27.6 Å². The van der Waals surface area contributed by atoms with Gasteiger partial charge in [0.25, 0.3) is 0 Å². The lowest BCUT2D eigenvalue weighted by atomic mass is 10.1. The topological polar surface area (TPSA) is 54.4 Å². The second kappa shape index (κ2) is 6.48. The largest absolute Gasteiger partial charge is 0.273 e. The molecule has 4 heteroatoms. The number of rotatable bonds is 4. The Bertz CT molecular complexity index is 950. The van der Waals surface area contributed by atoms with Crippen molar-refractivity contribution in [1.82, 2.24) is 10.4 Å². The van der Waals surface area contributed by atoms with Crippen LogP contribution in [0.1, 0.15) is 29.0 Å².